The van der Waals surface area contributed by atoms with Crippen LogP contribution in [-0.2, 0) is 11.2 Å². The lowest BCUT2D eigenvalue weighted by atomic mass is 9.95. The zero-order valence-corrected chi connectivity index (χ0v) is 14.0. The van der Waals surface area contributed by atoms with Crippen molar-refractivity contribution in [2.24, 2.45) is 4.99 Å². The van der Waals surface area contributed by atoms with E-state index in [2.05, 4.69) is 33.1 Å². The molecule has 5 nitrogen and oxygen atoms in total. The third-order valence-corrected chi connectivity index (χ3v) is 4.16. The number of hydrogen-bond acceptors (Lipinski definition) is 2. The second kappa shape index (κ2) is 9.87. The summed E-state index contributed by atoms with van der Waals surface area (Å²) in [5.41, 5.74) is 1.28. The van der Waals surface area contributed by atoms with E-state index in [-0.39, 0.29) is 12.5 Å². The number of nitrogens with zero attached hydrogens (tertiary/aromatic N) is 1. The fraction of sp³-hybridized carbons (Fsp3) is 0.556. The van der Waals surface area contributed by atoms with Crippen LogP contribution in [0.5, 0.6) is 0 Å². The standard InChI is InChI=1S/C18H28N4O/c1-19-18(20-13-12-15-8-4-2-5-9-15)21-14-17(23)22-16-10-6-3-7-11-16/h2,4-5,8-9,16H,3,6-7,10-14H2,1H3,(H,22,23)(H2,19,20,21). The highest BCUT2D eigenvalue weighted by Gasteiger charge is 2.15. The van der Waals surface area contributed by atoms with Gasteiger partial charge in [0, 0.05) is 19.6 Å². The van der Waals surface area contributed by atoms with Crippen molar-refractivity contribution in [1.29, 1.82) is 0 Å². The second-order valence-electron chi connectivity index (χ2n) is 5.99. The van der Waals surface area contributed by atoms with Crippen molar-refractivity contribution in [3.8, 4) is 0 Å². The van der Waals surface area contributed by atoms with E-state index in [1.165, 1.54) is 24.8 Å². The van der Waals surface area contributed by atoms with Crippen molar-refractivity contribution in [2.75, 3.05) is 20.1 Å². The maximum Gasteiger partial charge on any atom is 0.239 e. The summed E-state index contributed by atoms with van der Waals surface area (Å²) in [6, 6.07) is 10.7. The molecule has 2 rings (SSSR count). The predicted octanol–water partition coefficient (Wildman–Crippen LogP) is 1.84. The lowest BCUT2D eigenvalue weighted by Gasteiger charge is -2.23. The smallest absolute Gasteiger partial charge is 0.239 e. The van der Waals surface area contributed by atoms with Crippen LogP contribution in [0, 0.1) is 0 Å². The third-order valence-electron chi connectivity index (χ3n) is 4.16. The third kappa shape index (κ3) is 6.72. The average Bonchev–Trinajstić information content (AvgIpc) is 2.59. The van der Waals surface area contributed by atoms with Gasteiger partial charge in [0.15, 0.2) is 5.96 Å². The number of carbonyl (C=O) groups is 1. The van der Waals surface area contributed by atoms with E-state index in [0.717, 1.165) is 25.8 Å². The fourth-order valence-electron chi connectivity index (χ4n) is 2.88. The first-order valence-corrected chi connectivity index (χ1v) is 8.56. The molecule has 0 radical (unpaired) electrons. The van der Waals surface area contributed by atoms with Crippen molar-refractivity contribution < 1.29 is 4.79 Å². The zero-order valence-electron chi connectivity index (χ0n) is 14.0. The Bertz CT molecular complexity index is 495. The molecule has 1 aliphatic carbocycles. The Kier molecular flexibility index (Phi) is 7.43. The van der Waals surface area contributed by atoms with E-state index in [4.69, 9.17) is 0 Å². The lowest BCUT2D eigenvalue weighted by molar-refractivity contribution is -0.120. The number of amides is 1. The van der Waals surface area contributed by atoms with Gasteiger partial charge < -0.3 is 16.0 Å². The zero-order chi connectivity index (χ0) is 16.3. The Labute approximate surface area is 139 Å². The van der Waals surface area contributed by atoms with Crippen LogP contribution in [0.1, 0.15) is 37.7 Å². The molecule has 0 aliphatic heterocycles. The van der Waals surface area contributed by atoms with Gasteiger partial charge in [-0.2, -0.15) is 0 Å². The molecule has 1 fully saturated rings. The first kappa shape index (κ1) is 17.3. The van der Waals surface area contributed by atoms with Crippen LogP contribution < -0.4 is 16.0 Å². The minimum absolute atomic E-state index is 0.0444. The number of nitrogens with one attached hydrogen (secondary N) is 3. The highest BCUT2D eigenvalue weighted by molar-refractivity contribution is 5.86. The normalized spacial score (nSPS) is 16.0. The van der Waals surface area contributed by atoms with E-state index >= 15 is 0 Å². The van der Waals surface area contributed by atoms with Gasteiger partial charge in [0.1, 0.15) is 0 Å². The van der Waals surface area contributed by atoms with Crippen LogP contribution in [0.4, 0.5) is 0 Å². The minimum atomic E-state index is 0.0444. The number of carbonyl (C=O) groups excluding carboxylic acids is 1. The molecule has 126 valence electrons. The van der Waals surface area contributed by atoms with E-state index in [9.17, 15) is 4.79 Å². The van der Waals surface area contributed by atoms with Crippen molar-refractivity contribution in [3.05, 3.63) is 35.9 Å². The highest BCUT2D eigenvalue weighted by atomic mass is 16.2. The number of benzene rings is 1. The van der Waals surface area contributed by atoms with Crippen LogP contribution >= 0.6 is 0 Å². The molecule has 0 atom stereocenters. The first-order valence-electron chi connectivity index (χ1n) is 8.56. The molecule has 1 amide bonds. The predicted molar refractivity (Wildman–Crippen MR) is 94.5 cm³/mol. The molecule has 3 N–H and O–H groups in total. The summed E-state index contributed by atoms with van der Waals surface area (Å²) >= 11 is 0. The SMILES string of the molecule is CN=C(NCCc1ccccc1)NCC(=O)NC1CCCCC1. The van der Waals surface area contributed by atoms with Gasteiger partial charge in [0.2, 0.25) is 5.91 Å². The molecule has 1 saturated carbocycles. The van der Waals surface area contributed by atoms with Crippen LogP contribution in [0.2, 0.25) is 0 Å². The molecule has 1 aromatic carbocycles. The molecule has 0 spiro atoms. The summed E-state index contributed by atoms with van der Waals surface area (Å²) in [5, 5.41) is 9.40. The molecular formula is C18H28N4O. The van der Waals surface area contributed by atoms with Gasteiger partial charge in [-0.05, 0) is 24.8 Å². The van der Waals surface area contributed by atoms with Gasteiger partial charge in [-0.25, -0.2) is 0 Å². The Balaban J connectivity index is 1.63. The summed E-state index contributed by atoms with van der Waals surface area (Å²) in [7, 11) is 1.72. The van der Waals surface area contributed by atoms with Gasteiger partial charge in [-0.15, -0.1) is 0 Å². The minimum Gasteiger partial charge on any atom is -0.356 e. The topological polar surface area (TPSA) is 65.5 Å². The quantitative estimate of drug-likeness (QED) is 0.554. The van der Waals surface area contributed by atoms with Gasteiger partial charge >= 0.3 is 0 Å². The molecular weight excluding hydrogens is 288 g/mol. The Morgan fingerprint density at radius 3 is 2.57 bits per heavy atom. The van der Waals surface area contributed by atoms with Gasteiger partial charge in [-0.3, -0.25) is 9.79 Å². The van der Waals surface area contributed by atoms with Gasteiger partial charge in [-0.1, -0.05) is 49.6 Å². The number of hydrogen-bond donors (Lipinski definition) is 3. The molecule has 5 heteroatoms. The van der Waals surface area contributed by atoms with E-state index in [1.807, 2.05) is 18.2 Å². The van der Waals surface area contributed by atoms with E-state index < -0.39 is 0 Å². The van der Waals surface area contributed by atoms with E-state index in [1.54, 1.807) is 7.05 Å². The molecule has 0 unspecified atom stereocenters. The molecule has 0 heterocycles. The van der Waals surface area contributed by atoms with Gasteiger partial charge in [0.05, 0.1) is 6.54 Å². The van der Waals surface area contributed by atoms with E-state index in [0.29, 0.717) is 12.0 Å². The fourth-order valence-corrected chi connectivity index (χ4v) is 2.88. The molecule has 0 aromatic heterocycles. The molecule has 0 saturated heterocycles. The van der Waals surface area contributed by atoms with Crippen molar-refractivity contribution in [2.45, 2.75) is 44.6 Å². The number of aliphatic imine (C=N–C) groups is 1. The number of guanidine groups is 1. The van der Waals surface area contributed by atoms with Crippen molar-refractivity contribution in [3.63, 3.8) is 0 Å². The largest absolute Gasteiger partial charge is 0.356 e. The second-order valence-corrected chi connectivity index (χ2v) is 5.99. The van der Waals surface area contributed by atoms with Crippen LogP contribution in [0.15, 0.2) is 35.3 Å². The summed E-state index contributed by atoms with van der Waals surface area (Å²) in [6.07, 6.45) is 6.88. The maximum atomic E-state index is 12.0. The average molecular weight is 316 g/mol. The van der Waals surface area contributed by atoms with Crippen molar-refractivity contribution >= 4 is 11.9 Å². The molecule has 23 heavy (non-hydrogen) atoms. The van der Waals surface area contributed by atoms with Gasteiger partial charge in [0.25, 0.3) is 0 Å². The molecule has 1 aromatic rings. The monoisotopic (exact) mass is 316 g/mol. The summed E-state index contributed by atoms with van der Waals surface area (Å²) < 4.78 is 0. The summed E-state index contributed by atoms with van der Waals surface area (Å²) in [4.78, 5) is 16.1. The van der Waals surface area contributed by atoms with Crippen molar-refractivity contribution in [1.82, 2.24) is 16.0 Å². The maximum absolute atomic E-state index is 12.0. The summed E-state index contributed by atoms with van der Waals surface area (Å²) in [5.74, 6) is 0.711. The first-order chi connectivity index (χ1) is 11.3. The Morgan fingerprint density at radius 2 is 1.87 bits per heavy atom. The van der Waals surface area contributed by atoms with Crippen LogP contribution in [0.3, 0.4) is 0 Å². The number of rotatable bonds is 6. The van der Waals surface area contributed by atoms with Crippen LogP contribution in [-0.4, -0.2) is 38.0 Å². The van der Waals surface area contributed by atoms with Crippen LogP contribution in [0.25, 0.3) is 0 Å². The molecule has 0 bridgehead atoms. The summed E-state index contributed by atoms with van der Waals surface area (Å²) in [6.45, 7) is 1.05. The highest BCUT2D eigenvalue weighted by Crippen LogP contribution is 2.16. The Morgan fingerprint density at radius 1 is 1.13 bits per heavy atom. The molecule has 1 aliphatic rings. The lowest BCUT2D eigenvalue weighted by Crippen LogP contribution is -2.46. The Hall–Kier alpha value is -2.04.